The van der Waals surface area contributed by atoms with Gasteiger partial charge >= 0.3 is 0 Å². The zero-order valence-electron chi connectivity index (χ0n) is 37.2. The molecule has 0 nitrogen and oxygen atoms in total. The number of hydrogen-bond donors (Lipinski definition) is 0. The second-order valence-electron chi connectivity index (χ2n) is 7.27. The maximum absolute atomic E-state index is 3.36. The van der Waals surface area contributed by atoms with Gasteiger partial charge in [-0.2, -0.15) is 0 Å². The highest BCUT2D eigenvalue weighted by Crippen LogP contribution is 1.59. The average molecular weight is 737 g/mol. The van der Waals surface area contributed by atoms with E-state index in [-0.39, 0.29) is 29.7 Å². The van der Waals surface area contributed by atoms with Crippen molar-refractivity contribution in [3.05, 3.63) is 174 Å². The Labute approximate surface area is 341 Å². The van der Waals surface area contributed by atoms with Crippen molar-refractivity contribution in [3.8, 4) is 0 Å². The molecule has 0 aliphatic rings. The Kier molecular flexibility index (Phi) is 861. The van der Waals surface area contributed by atoms with Crippen molar-refractivity contribution >= 4 is 0 Å². The van der Waals surface area contributed by atoms with Gasteiger partial charge in [0.15, 0.2) is 0 Å². The molecule has 0 fully saturated rings. The van der Waals surface area contributed by atoms with E-state index < -0.39 is 0 Å². The van der Waals surface area contributed by atoms with Gasteiger partial charge in [-0.05, 0) is 138 Å². The van der Waals surface area contributed by atoms with E-state index in [1.807, 2.05) is 211 Å². The van der Waals surface area contributed by atoms with Gasteiger partial charge in [0.25, 0.3) is 0 Å². The lowest BCUT2D eigenvalue weighted by Crippen LogP contribution is -1.26. The van der Waals surface area contributed by atoms with E-state index in [1.165, 1.54) is 0 Å². The molecule has 0 aromatic heterocycles. The van der Waals surface area contributed by atoms with Crippen molar-refractivity contribution < 1.29 is 0 Å². The van der Waals surface area contributed by atoms with Gasteiger partial charge in [-0.1, -0.05) is 151 Å². The van der Waals surface area contributed by atoms with Crippen LogP contribution in [0.5, 0.6) is 0 Å². The van der Waals surface area contributed by atoms with Crippen LogP contribution < -0.4 is 0 Å². The van der Waals surface area contributed by atoms with E-state index in [0.29, 0.717) is 0 Å². The van der Waals surface area contributed by atoms with E-state index in [1.54, 1.807) is 48.6 Å². The van der Waals surface area contributed by atoms with Gasteiger partial charge in [-0.25, -0.2) is 0 Å². The maximum Gasteiger partial charge on any atom is -0.0470 e. The maximum atomic E-state index is 3.36. The molecule has 0 N–H and O–H groups in total. The first-order valence-corrected chi connectivity index (χ1v) is 16.8. The summed E-state index contributed by atoms with van der Waals surface area (Å²) in [5.74, 6) is 0. The van der Waals surface area contributed by atoms with E-state index in [4.69, 9.17) is 0 Å². The van der Waals surface area contributed by atoms with Gasteiger partial charge in [-0.3, -0.25) is 0 Å². The summed E-state index contributed by atoms with van der Waals surface area (Å²) in [6.45, 7) is 66.0. The number of allylic oxidation sites excluding steroid dienone is 20. The van der Waals surface area contributed by atoms with Crippen LogP contribution in [0.2, 0.25) is 0 Å². The summed E-state index contributed by atoms with van der Waals surface area (Å²) in [6.07, 6.45) is 38.0. The molecule has 0 bridgehead atoms. The Morgan fingerprint density at radius 3 is 0.173 bits per heavy atom. The van der Waals surface area contributed by atoms with Crippen LogP contribution in [-0.2, 0) is 0 Å². The minimum absolute atomic E-state index is 0. The van der Waals surface area contributed by atoms with Gasteiger partial charge in [0.05, 0.1) is 0 Å². The molecular formula is C52H112. The highest BCUT2D eigenvalue weighted by molar-refractivity contribution is 4.70. The van der Waals surface area contributed by atoms with E-state index in [2.05, 4.69) is 52.6 Å². The van der Waals surface area contributed by atoms with E-state index in [9.17, 15) is 0 Å². The van der Waals surface area contributed by atoms with Crippen molar-refractivity contribution in [1.29, 1.82) is 0 Å². The lowest BCUT2D eigenvalue weighted by Gasteiger charge is -1.49. The smallest absolute Gasteiger partial charge is 0.0470 e. The van der Waals surface area contributed by atoms with Crippen LogP contribution >= 0.6 is 0 Å². The van der Waals surface area contributed by atoms with Crippen molar-refractivity contribution in [1.82, 2.24) is 0 Å². The fraction of sp³-hybridized carbons (Fsp3) is 0.462. The summed E-state index contributed by atoms with van der Waals surface area (Å²) in [7, 11) is 0. The van der Waals surface area contributed by atoms with Gasteiger partial charge in [0.1, 0.15) is 0 Å². The Balaban J connectivity index is -0.0000000149. The molecule has 0 heteroatoms. The SMILES string of the molecule is C.C.C.C.C=CC.C=CC.C=CC.C=CC.C=CC.C=CC.C=CC.C=CC.CC=CC.CC=CC.CC=CC.CC=CC.CC=CC.CC=CC. The minimum Gasteiger partial charge on any atom is -0.103 e. The van der Waals surface area contributed by atoms with Crippen LogP contribution in [0.25, 0.3) is 0 Å². The zero-order chi connectivity index (χ0) is 42.1. The second-order valence-corrected chi connectivity index (χ2v) is 7.27. The van der Waals surface area contributed by atoms with Crippen LogP contribution in [-0.4, -0.2) is 0 Å². The summed E-state index contributed by atoms with van der Waals surface area (Å²) in [5.41, 5.74) is 0. The highest BCUT2D eigenvalue weighted by atomic mass is 13.4. The summed E-state index contributed by atoms with van der Waals surface area (Å²) in [6, 6.07) is 0. The average Bonchev–Trinajstić information content (AvgIpc) is 3.08. The summed E-state index contributed by atoms with van der Waals surface area (Å²) >= 11 is 0. The standard InChI is InChI=1S/6C4H8.8C3H6.4CH4/c6*1-3-4-2;8*1-3-2;;;;/h6*3-4H,1-2H3;8*3H,1H2,2H3;4*1H4. The fourth-order valence-electron chi connectivity index (χ4n) is 0. The molecule has 320 valence electrons. The minimum atomic E-state index is 0. The molecule has 0 aromatic carbocycles. The first-order chi connectivity index (χ1) is 22.8. The molecule has 0 saturated carbocycles. The summed E-state index contributed by atoms with van der Waals surface area (Å²) in [5, 5.41) is 0. The van der Waals surface area contributed by atoms with Gasteiger partial charge in [0, 0.05) is 0 Å². The van der Waals surface area contributed by atoms with Crippen LogP contribution in [0.1, 0.15) is 168 Å². The zero-order valence-corrected chi connectivity index (χ0v) is 37.2. The van der Waals surface area contributed by atoms with Crippen molar-refractivity contribution in [3.63, 3.8) is 0 Å². The van der Waals surface area contributed by atoms with Crippen LogP contribution in [0.15, 0.2) is 174 Å². The Bertz CT molecular complexity index is 408. The molecule has 0 spiro atoms. The topological polar surface area (TPSA) is 0 Å². The molecule has 0 amide bonds. The third-order valence-corrected chi connectivity index (χ3v) is 2.00. The molecule has 0 heterocycles. The molecule has 0 rings (SSSR count). The molecule has 0 aromatic rings. The van der Waals surface area contributed by atoms with Gasteiger partial charge in [0.2, 0.25) is 0 Å². The lowest BCUT2D eigenvalue weighted by molar-refractivity contribution is 1.64. The third-order valence-electron chi connectivity index (χ3n) is 2.00. The van der Waals surface area contributed by atoms with Crippen molar-refractivity contribution in [2.45, 2.75) is 168 Å². The molecular weight excluding hydrogens is 625 g/mol. The third kappa shape index (κ3) is 17100. The van der Waals surface area contributed by atoms with Crippen LogP contribution in [0, 0.1) is 0 Å². The Morgan fingerprint density at radius 1 is 0.154 bits per heavy atom. The normalized spacial score (nSPS) is 6.38. The largest absolute Gasteiger partial charge is 0.103 e. The van der Waals surface area contributed by atoms with Gasteiger partial charge in [-0.15, -0.1) is 52.6 Å². The van der Waals surface area contributed by atoms with Crippen molar-refractivity contribution in [2.75, 3.05) is 0 Å². The fourth-order valence-corrected chi connectivity index (χ4v) is 0. The second kappa shape index (κ2) is 380. The molecule has 0 unspecified atom stereocenters. The Hall–Kier alpha value is -3.64. The summed E-state index contributed by atoms with van der Waals surface area (Å²) < 4.78 is 0. The first-order valence-electron chi connectivity index (χ1n) is 16.8. The Morgan fingerprint density at radius 2 is 0.173 bits per heavy atom. The van der Waals surface area contributed by atoms with Gasteiger partial charge < -0.3 is 0 Å². The van der Waals surface area contributed by atoms with Crippen LogP contribution in [0.3, 0.4) is 0 Å². The highest BCUT2D eigenvalue weighted by Gasteiger charge is 1.36. The number of hydrogen-bond acceptors (Lipinski definition) is 0. The van der Waals surface area contributed by atoms with Crippen molar-refractivity contribution in [2.24, 2.45) is 0 Å². The lowest BCUT2D eigenvalue weighted by atomic mass is 10.6. The first kappa shape index (κ1) is 118. The molecule has 0 radical (unpaired) electrons. The van der Waals surface area contributed by atoms with E-state index >= 15 is 0 Å². The number of rotatable bonds is 0. The molecule has 0 saturated heterocycles. The summed E-state index contributed by atoms with van der Waals surface area (Å²) in [4.78, 5) is 0. The predicted octanol–water partition coefficient (Wildman–Crippen LogP) is 21.6. The predicted molar refractivity (Wildman–Crippen MR) is 277 cm³/mol. The molecule has 0 aliphatic heterocycles. The monoisotopic (exact) mass is 737 g/mol. The molecule has 0 atom stereocenters. The molecule has 52 heavy (non-hydrogen) atoms. The van der Waals surface area contributed by atoms with Crippen LogP contribution in [0.4, 0.5) is 0 Å². The quantitative estimate of drug-likeness (QED) is 0.217. The van der Waals surface area contributed by atoms with E-state index in [0.717, 1.165) is 0 Å². The molecule has 0 aliphatic carbocycles.